The van der Waals surface area contributed by atoms with Crippen LogP contribution < -0.4 is 10.1 Å². The Balaban J connectivity index is 1.69. The molecule has 4 heteroatoms. The minimum atomic E-state index is 0.128. The molecule has 2 aromatic rings. The van der Waals surface area contributed by atoms with Crippen LogP contribution in [0.25, 0.3) is 0 Å². The topological polar surface area (TPSA) is 34.1 Å². The molecular formula is C17H20N2OS. The van der Waals surface area contributed by atoms with Gasteiger partial charge < -0.3 is 10.1 Å². The molecule has 3 nitrogen and oxygen atoms in total. The van der Waals surface area contributed by atoms with Crippen molar-refractivity contribution in [2.75, 3.05) is 17.6 Å². The monoisotopic (exact) mass is 300 g/mol. The first-order chi connectivity index (χ1) is 10.2. The van der Waals surface area contributed by atoms with Gasteiger partial charge in [0.25, 0.3) is 0 Å². The van der Waals surface area contributed by atoms with Crippen LogP contribution in [0, 0.1) is 0 Å². The molecule has 110 valence electrons. The molecule has 1 N–H and O–H groups in total. The third-order valence-corrected chi connectivity index (χ3v) is 4.71. The van der Waals surface area contributed by atoms with Crippen LogP contribution in [0.3, 0.4) is 0 Å². The molecule has 1 aromatic carbocycles. The normalized spacial score (nSPS) is 16.8. The fraction of sp³-hybridized carbons (Fsp3) is 0.353. The van der Waals surface area contributed by atoms with Crippen molar-refractivity contribution in [2.45, 2.75) is 30.8 Å². The first-order valence-corrected chi connectivity index (χ1v) is 8.30. The highest BCUT2D eigenvalue weighted by Crippen LogP contribution is 2.39. The number of pyridine rings is 1. The number of hydrogen-bond acceptors (Lipinski definition) is 4. The molecule has 0 saturated heterocycles. The smallest absolute Gasteiger partial charge is 0.237 e. The van der Waals surface area contributed by atoms with Crippen molar-refractivity contribution in [3.63, 3.8) is 0 Å². The van der Waals surface area contributed by atoms with Crippen molar-refractivity contribution >= 4 is 17.4 Å². The standard InChI is InChI=1S/C17H20N2OS/c1-12(2)20-17-15(7-5-9-18-17)19-10-13-11-21-16-8-4-3-6-14(13)16/h3-9,12-13,19H,10-11H2,1-2H3. The van der Waals surface area contributed by atoms with E-state index >= 15 is 0 Å². The van der Waals surface area contributed by atoms with Gasteiger partial charge in [-0.3, -0.25) is 0 Å². The fourth-order valence-electron chi connectivity index (χ4n) is 2.47. The molecule has 0 bridgehead atoms. The highest BCUT2D eigenvalue weighted by molar-refractivity contribution is 7.99. The minimum Gasteiger partial charge on any atom is -0.473 e. The molecule has 0 fully saturated rings. The van der Waals surface area contributed by atoms with Crippen molar-refractivity contribution in [3.05, 3.63) is 48.2 Å². The van der Waals surface area contributed by atoms with E-state index in [2.05, 4.69) is 34.6 Å². The fourth-order valence-corrected chi connectivity index (χ4v) is 3.73. The number of ether oxygens (including phenoxy) is 1. The lowest BCUT2D eigenvalue weighted by molar-refractivity contribution is 0.234. The van der Waals surface area contributed by atoms with Gasteiger partial charge in [-0.2, -0.15) is 0 Å². The molecule has 0 saturated carbocycles. The van der Waals surface area contributed by atoms with Gasteiger partial charge in [-0.05, 0) is 37.6 Å². The van der Waals surface area contributed by atoms with Crippen LogP contribution in [0.15, 0.2) is 47.5 Å². The van der Waals surface area contributed by atoms with E-state index in [9.17, 15) is 0 Å². The molecule has 1 unspecified atom stereocenters. The Bertz CT molecular complexity index is 615. The number of rotatable bonds is 5. The summed E-state index contributed by atoms with van der Waals surface area (Å²) in [4.78, 5) is 5.73. The van der Waals surface area contributed by atoms with Crippen molar-refractivity contribution in [1.82, 2.24) is 4.98 Å². The number of hydrogen-bond donors (Lipinski definition) is 1. The Kier molecular flexibility index (Phi) is 4.34. The summed E-state index contributed by atoms with van der Waals surface area (Å²) in [6, 6.07) is 12.6. The van der Waals surface area contributed by atoms with Crippen LogP contribution >= 0.6 is 11.8 Å². The minimum absolute atomic E-state index is 0.128. The number of thioether (sulfide) groups is 1. The molecule has 1 atom stereocenters. The second kappa shape index (κ2) is 6.39. The summed E-state index contributed by atoms with van der Waals surface area (Å²) >= 11 is 1.94. The van der Waals surface area contributed by atoms with Gasteiger partial charge >= 0.3 is 0 Å². The molecule has 0 spiro atoms. The van der Waals surface area contributed by atoms with Crippen LogP contribution in [0.2, 0.25) is 0 Å². The van der Waals surface area contributed by atoms with E-state index in [0.717, 1.165) is 18.0 Å². The number of nitrogens with zero attached hydrogens (tertiary/aromatic N) is 1. The third-order valence-electron chi connectivity index (χ3n) is 3.46. The van der Waals surface area contributed by atoms with Crippen LogP contribution in [-0.2, 0) is 0 Å². The van der Waals surface area contributed by atoms with E-state index in [1.807, 2.05) is 37.7 Å². The Morgan fingerprint density at radius 3 is 3.00 bits per heavy atom. The van der Waals surface area contributed by atoms with Crippen LogP contribution in [0.1, 0.15) is 25.3 Å². The molecule has 0 amide bonds. The zero-order chi connectivity index (χ0) is 14.7. The Hall–Kier alpha value is -1.68. The third kappa shape index (κ3) is 3.32. The van der Waals surface area contributed by atoms with Gasteiger partial charge in [0.15, 0.2) is 0 Å². The molecule has 1 aliphatic rings. The second-order valence-electron chi connectivity index (χ2n) is 5.45. The zero-order valence-corrected chi connectivity index (χ0v) is 13.2. The lowest BCUT2D eigenvalue weighted by Gasteiger charge is -2.16. The molecule has 21 heavy (non-hydrogen) atoms. The first kappa shape index (κ1) is 14.3. The van der Waals surface area contributed by atoms with Gasteiger partial charge in [0.2, 0.25) is 5.88 Å². The number of aromatic nitrogens is 1. The van der Waals surface area contributed by atoms with Crippen LogP contribution in [0.5, 0.6) is 5.88 Å². The Labute approximate surface area is 130 Å². The summed E-state index contributed by atoms with van der Waals surface area (Å²) in [5.41, 5.74) is 2.42. The van der Waals surface area contributed by atoms with Gasteiger partial charge in [-0.15, -0.1) is 11.8 Å². The summed E-state index contributed by atoms with van der Waals surface area (Å²) in [7, 11) is 0. The van der Waals surface area contributed by atoms with Gasteiger partial charge in [0.1, 0.15) is 0 Å². The van der Waals surface area contributed by atoms with E-state index in [-0.39, 0.29) is 6.10 Å². The molecule has 3 rings (SSSR count). The Morgan fingerprint density at radius 1 is 1.29 bits per heavy atom. The highest BCUT2D eigenvalue weighted by Gasteiger charge is 2.22. The van der Waals surface area contributed by atoms with Gasteiger partial charge in [0, 0.05) is 29.3 Å². The van der Waals surface area contributed by atoms with Gasteiger partial charge in [-0.1, -0.05) is 18.2 Å². The lowest BCUT2D eigenvalue weighted by Crippen LogP contribution is -2.15. The maximum Gasteiger partial charge on any atom is 0.237 e. The number of fused-ring (bicyclic) bond motifs is 1. The average molecular weight is 300 g/mol. The molecule has 0 radical (unpaired) electrons. The predicted molar refractivity (Wildman–Crippen MR) is 88.4 cm³/mol. The van der Waals surface area contributed by atoms with Crippen molar-refractivity contribution in [3.8, 4) is 5.88 Å². The number of nitrogens with one attached hydrogen (secondary N) is 1. The second-order valence-corrected chi connectivity index (χ2v) is 6.51. The lowest BCUT2D eigenvalue weighted by atomic mass is 10.0. The Morgan fingerprint density at radius 2 is 2.14 bits per heavy atom. The number of benzene rings is 1. The summed E-state index contributed by atoms with van der Waals surface area (Å²) < 4.78 is 5.75. The maximum absolute atomic E-state index is 5.75. The van der Waals surface area contributed by atoms with E-state index < -0.39 is 0 Å². The number of anilines is 1. The van der Waals surface area contributed by atoms with E-state index in [4.69, 9.17) is 4.74 Å². The predicted octanol–water partition coefficient (Wildman–Crippen LogP) is 4.17. The molecule has 1 aliphatic heterocycles. The quantitative estimate of drug-likeness (QED) is 0.898. The van der Waals surface area contributed by atoms with E-state index in [1.54, 1.807) is 6.20 Å². The van der Waals surface area contributed by atoms with Crippen molar-refractivity contribution in [1.29, 1.82) is 0 Å². The first-order valence-electron chi connectivity index (χ1n) is 7.31. The van der Waals surface area contributed by atoms with Crippen molar-refractivity contribution < 1.29 is 4.74 Å². The zero-order valence-electron chi connectivity index (χ0n) is 12.4. The maximum atomic E-state index is 5.75. The summed E-state index contributed by atoms with van der Waals surface area (Å²) in [5.74, 6) is 2.36. The van der Waals surface area contributed by atoms with Gasteiger partial charge in [-0.25, -0.2) is 4.98 Å². The summed E-state index contributed by atoms with van der Waals surface area (Å²) in [5, 5.41) is 3.50. The molecular weight excluding hydrogens is 280 g/mol. The molecule has 1 aromatic heterocycles. The summed E-state index contributed by atoms with van der Waals surface area (Å²) in [6.07, 6.45) is 1.90. The highest BCUT2D eigenvalue weighted by atomic mass is 32.2. The molecule has 2 heterocycles. The van der Waals surface area contributed by atoms with E-state index in [0.29, 0.717) is 11.8 Å². The SMILES string of the molecule is CC(C)Oc1ncccc1NCC1CSc2ccccc21. The van der Waals surface area contributed by atoms with Gasteiger partial charge in [0.05, 0.1) is 11.8 Å². The van der Waals surface area contributed by atoms with E-state index in [1.165, 1.54) is 10.5 Å². The van der Waals surface area contributed by atoms with Crippen LogP contribution in [0.4, 0.5) is 5.69 Å². The average Bonchev–Trinajstić information content (AvgIpc) is 2.89. The molecule has 0 aliphatic carbocycles. The van der Waals surface area contributed by atoms with Crippen molar-refractivity contribution in [2.24, 2.45) is 0 Å². The van der Waals surface area contributed by atoms with Crippen LogP contribution in [-0.4, -0.2) is 23.4 Å². The summed E-state index contributed by atoms with van der Waals surface area (Å²) in [6.45, 7) is 4.94. The largest absolute Gasteiger partial charge is 0.473 e.